The number of anilines is 1. The molecule has 1 saturated carbocycles. The molecule has 0 bridgehead atoms. The highest BCUT2D eigenvalue weighted by Gasteiger charge is 2.44. The molecule has 0 aromatic heterocycles. The minimum absolute atomic E-state index is 0.200. The zero-order valence-corrected chi connectivity index (χ0v) is 21.0. The number of benzene rings is 2. The molecule has 2 N–H and O–H groups in total. The molecule has 0 spiro atoms. The molecule has 200 valence electrons. The van der Waals surface area contributed by atoms with Crippen LogP contribution in [-0.2, 0) is 9.59 Å². The summed E-state index contributed by atoms with van der Waals surface area (Å²) in [7, 11) is 0. The number of amides is 2. The third-order valence-corrected chi connectivity index (χ3v) is 7.16. The molecule has 1 aliphatic carbocycles. The van der Waals surface area contributed by atoms with E-state index < -0.39 is 36.8 Å². The molecule has 2 amide bonds. The van der Waals surface area contributed by atoms with Crippen LogP contribution >= 0.6 is 0 Å². The lowest BCUT2D eigenvalue weighted by atomic mass is 9.93. The van der Waals surface area contributed by atoms with Crippen molar-refractivity contribution in [3.8, 4) is 0 Å². The largest absolute Gasteiger partial charge is 0.401 e. The van der Waals surface area contributed by atoms with Gasteiger partial charge in [0.25, 0.3) is 0 Å². The van der Waals surface area contributed by atoms with Crippen LogP contribution in [0.5, 0.6) is 0 Å². The number of hydrogen-bond acceptors (Lipinski definition) is 3. The van der Waals surface area contributed by atoms with Crippen molar-refractivity contribution in [3.05, 3.63) is 65.2 Å². The Kier molecular flexibility index (Phi) is 8.21. The maximum absolute atomic E-state index is 13.6. The normalized spacial score (nSPS) is 21.5. The van der Waals surface area contributed by atoms with Gasteiger partial charge in [-0.05, 0) is 55.5 Å². The lowest BCUT2D eigenvalue weighted by Gasteiger charge is -2.32. The Morgan fingerprint density at radius 1 is 0.973 bits per heavy atom. The molecule has 37 heavy (non-hydrogen) atoms. The van der Waals surface area contributed by atoms with Gasteiger partial charge in [0, 0.05) is 17.2 Å². The second-order valence-electron chi connectivity index (χ2n) is 10.4. The average molecular weight is 520 g/mol. The Morgan fingerprint density at radius 3 is 2.14 bits per heavy atom. The Labute approximate surface area is 214 Å². The average Bonchev–Trinajstić information content (AvgIpc) is 3.59. The van der Waals surface area contributed by atoms with Crippen molar-refractivity contribution in [1.82, 2.24) is 10.2 Å². The first kappa shape index (κ1) is 27.1. The van der Waals surface area contributed by atoms with Gasteiger partial charge in [-0.25, -0.2) is 4.39 Å². The molecule has 3 atom stereocenters. The fraction of sp³-hybridized carbons (Fsp3) is 0.500. The van der Waals surface area contributed by atoms with E-state index in [0.29, 0.717) is 30.0 Å². The summed E-state index contributed by atoms with van der Waals surface area (Å²) < 4.78 is 51.7. The molecule has 0 radical (unpaired) electrons. The van der Waals surface area contributed by atoms with Crippen LogP contribution in [0.15, 0.2) is 48.5 Å². The van der Waals surface area contributed by atoms with Crippen LogP contribution in [-0.4, -0.2) is 48.7 Å². The minimum atomic E-state index is -4.26. The Morgan fingerprint density at radius 2 is 1.57 bits per heavy atom. The number of nitrogens with one attached hydrogen (secondary N) is 2. The predicted molar refractivity (Wildman–Crippen MR) is 134 cm³/mol. The molecular formula is C28H33F4N3O2. The Bertz CT molecular complexity index is 1100. The first-order chi connectivity index (χ1) is 17.5. The van der Waals surface area contributed by atoms with E-state index in [4.69, 9.17) is 0 Å². The van der Waals surface area contributed by atoms with Gasteiger partial charge in [-0.2, -0.15) is 13.2 Å². The van der Waals surface area contributed by atoms with Gasteiger partial charge in [0.05, 0.1) is 18.5 Å². The van der Waals surface area contributed by atoms with Gasteiger partial charge in [-0.1, -0.05) is 56.3 Å². The number of carbonyl (C=O) groups excluding carboxylic acids is 2. The highest BCUT2D eigenvalue weighted by atomic mass is 19.4. The maximum atomic E-state index is 13.6. The van der Waals surface area contributed by atoms with Crippen LogP contribution in [0.1, 0.15) is 61.8 Å². The van der Waals surface area contributed by atoms with Crippen molar-refractivity contribution in [1.29, 1.82) is 0 Å². The standard InChI is InChI=1S/C28H33F4N3O2/c1-17(2)18-7-9-19(10-8-18)25(34-27(37)22-15-23(22)29)21-5-3-4-6-24(21)33-26(36)20-11-13-35(14-12-20)16-28(30,31)32/h3-10,17,20,22-23,25H,11-16H2,1-2H3,(H,33,36)(H,34,37)/t22-,23-,25+/m0/s1. The third-order valence-electron chi connectivity index (χ3n) is 7.16. The van der Waals surface area contributed by atoms with Crippen molar-refractivity contribution in [3.63, 3.8) is 0 Å². The summed E-state index contributed by atoms with van der Waals surface area (Å²) >= 11 is 0. The number of hydrogen-bond donors (Lipinski definition) is 2. The number of likely N-dealkylation sites (tertiary alicyclic amines) is 1. The highest BCUT2D eigenvalue weighted by molar-refractivity contribution is 5.93. The second kappa shape index (κ2) is 11.2. The topological polar surface area (TPSA) is 61.4 Å². The molecule has 1 aliphatic heterocycles. The minimum Gasteiger partial charge on any atom is -0.345 e. The molecule has 2 aliphatic rings. The number of halogens is 4. The third kappa shape index (κ3) is 7.09. The first-order valence-electron chi connectivity index (χ1n) is 12.7. The van der Waals surface area contributed by atoms with Gasteiger partial charge in [-0.15, -0.1) is 0 Å². The molecule has 4 rings (SSSR count). The summed E-state index contributed by atoms with van der Waals surface area (Å²) in [6.07, 6.45) is -4.53. The molecule has 1 saturated heterocycles. The molecule has 2 aromatic carbocycles. The summed E-state index contributed by atoms with van der Waals surface area (Å²) in [5.41, 5.74) is 3.11. The number of para-hydroxylation sites is 1. The quantitative estimate of drug-likeness (QED) is 0.448. The van der Waals surface area contributed by atoms with Gasteiger partial charge < -0.3 is 10.6 Å². The fourth-order valence-corrected chi connectivity index (χ4v) is 4.80. The fourth-order valence-electron chi connectivity index (χ4n) is 4.80. The van der Waals surface area contributed by atoms with Gasteiger partial charge in [0.2, 0.25) is 11.8 Å². The van der Waals surface area contributed by atoms with E-state index in [-0.39, 0.29) is 31.3 Å². The molecule has 2 fully saturated rings. The van der Waals surface area contributed by atoms with Gasteiger partial charge in [0.1, 0.15) is 6.17 Å². The first-order valence-corrected chi connectivity index (χ1v) is 12.7. The van der Waals surface area contributed by atoms with E-state index in [1.54, 1.807) is 18.2 Å². The number of rotatable bonds is 8. The SMILES string of the molecule is CC(C)c1ccc([C@@H](NC(=O)[C@H]2C[C@@H]2F)c2ccccc2NC(=O)C2CCN(CC(F)(F)F)CC2)cc1. The Balaban J connectivity index is 1.52. The van der Waals surface area contributed by atoms with Crippen LogP contribution in [0.4, 0.5) is 23.2 Å². The number of alkyl halides is 4. The zero-order valence-electron chi connectivity index (χ0n) is 21.0. The van der Waals surface area contributed by atoms with Crippen molar-refractivity contribution < 1.29 is 27.2 Å². The number of piperidine rings is 1. The van der Waals surface area contributed by atoms with E-state index in [0.717, 1.165) is 11.1 Å². The monoisotopic (exact) mass is 519 g/mol. The maximum Gasteiger partial charge on any atom is 0.401 e. The van der Waals surface area contributed by atoms with Crippen LogP contribution in [0.2, 0.25) is 0 Å². The predicted octanol–water partition coefficient (Wildman–Crippen LogP) is 5.59. The molecule has 9 heteroatoms. The molecule has 5 nitrogen and oxygen atoms in total. The number of nitrogens with zero attached hydrogens (tertiary/aromatic N) is 1. The van der Waals surface area contributed by atoms with Gasteiger partial charge in [-0.3, -0.25) is 14.5 Å². The summed E-state index contributed by atoms with van der Waals surface area (Å²) in [5.74, 6) is -1.38. The van der Waals surface area contributed by atoms with E-state index in [1.165, 1.54) is 4.90 Å². The van der Waals surface area contributed by atoms with E-state index in [2.05, 4.69) is 24.5 Å². The van der Waals surface area contributed by atoms with Crippen LogP contribution in [0.25, 0.3) is 0 Å². The summed E-state index contributed by atoms with van der Waals surface area (Å²) in [5, 5.41) is 5.91. The summed E-state index contributed by atoms with van der Waals surface area (Å²) in [4.78, 5) is 27.1. The van der Waals surface area contributed by atoms with Crippen molar-refractivity contribution >= 4 is 17.5 Å². The molecular weight excluding hydrogens is 486 g/mol. The van der Waals surface area contributed by atoms with E-state index >= 15 is 0 Å². The lowest BCUT2D eigenvalue weighted by molar-refractivity contribution is -0.149. The molecule has 2 aromatic rings. The molecule has 0 unspecified atom stereocenters. The van der Waals surface area contributed by atoms with Crippen LogP contribution < -0.4 is 10.6 Å². The smallest absolute Gasteiger partial charge is 0.345 e. The van der Waals surface area contributed by atoms with Crippen molar-refractivity contribution in [2.75, 3.05) is 25.0 Å². The zero-order chi connectivity index (χ0) is 26.7. The summed E-state index contributed by atoms with van der Waals surface area (Å²) in [6.45, 7) is 3.60. The lowest BCUT2D eigenvalue weighted by Crippen LogP contribution is -2.42. The second-order valence-corrected chi connectivity index (χ2v) is 10.4. The van der Waals surface area contributed by atoms with E-state index in [9.17, 15) is 27.2 Å². The van der Waals surface area contributed by atoms with Gasteiger partial charge >= 0.3 is 6.18 Å². The number of carbonyl (C=O) groups is 2. The van der Waals surface area contributed by atoms with Crippen LogP contribution in [0, 0.1) is 11.8 Å². The Hall–Kier alpha value is -2.94. The van der Waals surface area contributed by atoms with E-state index in [1.807, 2.05) is 30.3 Å². The van der Waals surface area contributed by atoms with Crippen molar-refractivity contribution in [2.24, 2.45) is 11.8 Å². The summed E-state index contributed by atoms with van der Waals surface area (Å²) in [6, 6.07) is 14.3. The van der Waals surface area contributed by atoms with Crippen molar-refractivity contribution in [2.45, 2.75) is 57.4 Å². The van der Waals surface area contributed by atoms with Crippen LogP contribution in [0.3, 0.4) is 0 Å². The molecule has 1 heterocycles. The highest BCUT2D eigenvalue weighted by Crippen LogP contribution is 2.36. The van der Waals surface area contributed by atoms with Gasteiger partial charge in [0.15, 0.2) is 0 Å².